The SMILES string of the molecule is CN1CCN(C(=O)c2nn(C)c3c2CCN(Cc2cccs2)C3)CC1.O=C(O)C(F)(F)F.O=C(O)C(F)(F)F.O=C(O)C(F)(F)F. The number of hydrogen-bond donors (Lipinski definition) is 3. The summed E-state index contributed by atoms with van der Waals surface area (Å²) in [6.45, 7) is 6.30. The Kier molecular flexibility index (Phi) is 14.5. The Morgan fingerprint density at radius 2 is 1.26 bits per heavy atom. The van der Waals surface area contributed by atoms with Crippen molar-refractivity contribution in [3.8, 4) is 0 Å². The van der Waals surface area contributed by atoms with E-state index in [9.17, 15) is 44.3 Å². The van der Waals surface area contributed by atoms with Crippen LogP contribution in [0.1, 0.15) is 26.6 Å². The number of likely N-dealkylation sites (N-methyl/N-ethyl adjacent to an activating group) is 1. The molecule has 260 valence electrons. The van der Waals surface area contributed by atoms with Gasteiger partial charge in [0.15, 0.2) is 5.69 Å². The van der Waals surface area contributed by atoms with Gasteiger partial charge in [-0.05, 0) is 24.9 Å². The van der Waals surface area contributed by atoms with Crippen LogP contribution < -0.4 is 0 Å². The van der Waals surface area contributed by atoms with Crippen LogP contribution in [0.15, 0.2) is 17.5 Å². The third-order valence-electron chi connectivity index (χ3n) is 6.01. The van der Waals surface area contributed by atoms with E-state index in [1.807, 2.05) is 16.6 Å². The van der Waals surface area contributed by atoms with Crippen LogP contribution in [0.2, 0.25) is 0 Å². The first-order chi connectivity index (χ1) is 20.9. The smallest absolute Gasteiger partial charge is 0.475 e. The highest BCUT2D eigenvalue weighted by Gasteiger charge is 2.39. The second-order valence-electron chi connectivity index (χ2n) is 9.44. The quantitative estimate of drug-likeness (QED) is 0.406. The minimum Gasteiger partial charge on any atom is -0.475 e. The molecular formula is C24H28F9N5O7S. The Labute approximate surface area is 258 Å². The van der Waals surface area contributed by atoms with E-state index < -0.39 is 36.4 Å². The number of nitrogens with zero attached hydrogens (tertiary/aromatic N) is 5. The summed E-state index contributed by atoms with van der Waals surface area (Å²) in [5.41, 5.74) is 3.03. The number of carboxylic acids is 3. The molecule has 2 aliphatic rings. The van der Waals surface area contributed by atoms with Crippen molar-refractivity contribution in [2.45, 2.75) is 38.0 Å². The molecule has 0 atom stereocenters. The highest BCUT2D eigenvalue weighted by molar-refractivity contribution is 7.09. The maximum absolute atomic E-state index is 12.9. The monoisotopic (exact) mass is 701 g/mol. The van der Waals surface area contributed by atoms with Crippen LogP contribution in [0.25, 0.3) is 0 Å². The van der Waals surface area contributed by atoms with Crippen LogP contribution in [-0.2, 0) is 40.9 Å². The van der Waals surface area contributed by atoms with Gasteiger partial charge >= 0.3 is 36.4 Å². The maximum Gasteiger partial charge on any atom is 0.490 e. The molecule has 0 bridgehead atoms. The molecule has 12 nitrogen and oxygen atoms in total. The topological polar surface area (TPSA) is 157 Å². The van der Waals surface area contributed by atoms with Crippen LogP contribution in [-0.4, -0.2) is 122 Å². The third-order valence-corrected chi connectivity index (χ3v) is 6.87. The number of carbonyl (C=O) groups is 4. The van der Waals surface area contributed by atoms with E-state index in [-0.39, 0.29) is 5.91 Å². The van der Waals surface area contributed by atoms with Crippen molar-refractivity contribution in [3.63, 3.8) is 0 Å². The molecule has 0 radical (unpaired) electrons. The fraction of sp³-hybridized carbons (Fsp3) is 0.542. The summed E-state index contributed by atoms with van der Waals surface area (Å²) in [6, 6.07) is 4.29. The van der Waals surface area contributed by atoms with Crippen LogP contribution in [0, 0.1) is 0 Å². The van der Waals surface area contributed by atoms with Gasteiger partial charge in [-0.15, -0.1) is 11.3 Å². The Balaban J connectivity index is 0.000000413. The number of fused-ring (bicyclic) bond motifs is 1. The molecule has 2 aromatic heterocycles. The van der Waals surface area contributed by atoms with E-state index in [1.165, 1.54) is 10.6 Å². The molecule has 0 unspecified atom stereocenters. The summed E-state index contributed by atoms with van der Waals surface area (Å²) < 4.78 is 97.1. The first-order valence-electron chi connectivity index (χ1n) is 12.6. The van der Waals surface area contributed by atoms with E-state index in [4.69, 9.17) is 29.7 Å². The predicted octanol–water partition coefficient (Wildman–Crippen LogP) is 3.33. The summed E-state index contributed by atoms with van der Waals surface area (Å²) in [6.07, 6.45) is -14.3. The first kappa shape index (κ1) is 40.1. The molecule has 46 heavy (non-hydrogen) atoms. The number of thiophene rings is 1. The van der Waals surface area contributed by atoms with Gasteiger partial charge in [0.2, 0.25) is 0 Å². The zero-order chi connectivity index (χ0) is 35.6. The number of alkyl halides is 9. The Morgan fingerprint density at radius 1 is 0.804 bits per heavy atom. The van der Waals surface area contributed by atoms with Crippen LogP contribution in [0.3, 0.4) is 0 Å². The van der Waals surface area contributed by atoms with Gasteiger partial charge in [-0.1, -0.05) is 6.07 Å². The Bertz CT molecular complexity index is 1260. The zero-order valence-electron chi connectivity index (χ0n) is 23.9. The number of amides is 1. The lowest BCUT2D eigenvalue weighted by Gasteiger charge is -2.32. The summed E-state index contributed by atoms with van der Waals surface area (Å²) in [5.74, 6) is -8.16. The highest BCUT2D eigenvalue weighted by Crippen LogP contribution is 2.25. The molecular weight excluding hydrogens is 673 g/mol. The number of hydrogen-bond acceptors (Lipinski definition) is 8. The molecule has 2 aliphatic heterocycles. The molecule has 4 rings (SSSR count). The second kappa shape index (κ2) is 16.6. The summed E-state index contributed by atoms with van der Waals surface area (Å²) in [7, 11) is 4.07. The van der Waals surface area contributed by atoms with E-state index in [0.29, 0.717) is 5.69 Å². The molecule has 0 spiro atoms. The lowest BCUT2D eigenvalue weighted by Crippen LogP contribution is -2.47. The van der Waals surface area contributed by atoms with Crippen molar-refractivity contribution < 1.29 is 74.0 Å². The molecule has 0 aromatic carbocycles. The van der Waals surface area contributed by atoms with Gasteiger partial charge in [0, 0.05) is 63.3 Å². The van der Waals surface area contributed by atoms with Crippen molar-refractivity contribution in [2.75, 3.05) is 39.8 Å². The standard InChI is InChI=1S/C18H25N5OS.3C2HF3O2/c1-20-7-9-23(10-8-20)18(24)17-15-5-6-22(12-14-4-3-11-25-14)13-16(15)21(2)19-17;3*3-2(4,5)1(6)7/h3-4,11H,5-10,12-13H2,1-2H3;3*(H,6,7). The number of aryl methyl sites for hydroxylation is 1. The number of carbonyl (C=O) groups excluding carboxylic acids is 1. The van der Waals surface area contributed by atoms with Gasteiger partial charge in [-0.25, -0.2) is 14.4 Å². The third kappa shape index (κ3) is 13.2. The average molecular weight is 702 g/mol. The Hall–Kier alpha value is -3.92. The molecule has 1 saturated heterocycles. The molecule has 1 fully saturated rings. The van der Waals surface area contributed by atoms with Crippen LogP contribution >= 0.6 is 11.3 Å². The predicted molar refractivity (Wildman–Crippen MR) is 140 cm³/mol. The van der Waals surface area contributed by atoms with Gasteiger partial charge in [-0.3, -0.25) is 14.4 Å². The van der Waals surface area contributed by atoms with Gasteiger partial charge in [-0.2, -0.15) is 44.6 Å². The summed E-state index contributed by atoms with van der Waals surface area (Å²) >= 11 is 1.80. The molecule has 2 aromatic rings. The van der Waals surface area contributed by atoms with Crippen molar-refractivity contribution in [2.24, 2.45) is 7.05 Å². The number of carboxylic acid groups (broad SMARTS) is 3. The summed E-state index contributed by atoms with van der Waals surface area (Å²) in [5, 5.41) is 28.1. The fourth-order valence-electron chi connectivity index (χ4n) is 3.71. The number of halogens is 9. The van der Waals surface area contributed by atoms with Crippen molar-refractivity contribution >= 4 is 35.2 Å². The Morgan fingerprint density at radius 3 is 1.65 bits per heavy atom. The number of aliphatic carboxylic acids is 3. The maximum atomic E-state index is 12.9. The minimum absolute atomic E-state index is 0.108. The normalized spacial score (nSPS) is 15.6. The van der Waals surface area contributed by atoms with Gasteiger partial charge in [0.05, 0.1) is 5.69 Å². The molecule has 22 heteroatoms. The van der Waals surface area contributed by atoms with Gasteiger partial charge in [0.25, 0.3) is 5.91 Å². The van der Waals surface area contributed by atoms with Crippen molar-refractivity contribution in [1.29, 1.82) is 0 Å². The molecule has 3 N–H and O–H groups in total. The number of aromatic nitrogens is 2. The first-order valence-corrected chi connectivity index (χ1v) is 13.5. The van der Waals surface area contributed by atoms with Gasteiger partial charge in [0.1, 0.15) is 0 Å². The van der Waals surface area contributed by atoms with Gasteiger partial charge < -0.3 is 25.1 Å². The van der Waals surface area contributed by atoms with E-state index in [2.05, 4.69) is 39.5 Å². The molecule has 1 amide bonds. The average Bonchev–Trinajstić information content (AvgIpc) is 3.56. The van der Waals surface area contributed by atoms with Crippen LogP contribution in [0.4, 0.5) is 39.5 Å². The van der Waals surface area contributed by atoms with E-state index in [0.717, 1.165) is 57.8 Å². The zero-order valence-corrected chi connectivity index (χ0v) is 24.7. The number of rotatable bonds is 3. The minimum atomic E-state index is -5.08. The second-order valence-corrected chi connectivity index (χ2v) is 10.5. The van der Waals surface area contributed by atoms with Crippen LogP contribution in [0.5, 0.6) is 0 Å². The lowest BCUT2D eigenvalue weighted by atomic mass is 10.0. The molecule has 0 aliphatic carbocycles. The highest BCUT2D eigenvalue weighted by atomic mass is 32.1. The molecule has 4 heterocycles. The summed E-state index contributed by atoms with van der Waals surface area (Å²) in [4.78, 5) is 47.7. The van der Waals surface area contributed by atoms with E-state index in [1.54, 1.807) is 11.3 Å². The largest absolute Gasteiger partial charge is 0.490 e. The van der Waals surface area contributed by atoms with E-state index >= 15 is 0 Å². The fourth-order valence-corrected chi connectivity index (χ4v) is 4.46. The van der Waals surface area contributed by atoms with Crippen molar-refractivity contribution in [1.82, 2.24) is 24.5 Å². The van der Waals surface area contributed by atoms with Crippen molar-refractivity contribution in [3.05, 3.63) is 39.3 Å². The molecule has 0 saturated carbocycles. The number of piperazine rings is 1. The lowest BCUT2D eigenvalue weighted by molar-refractivity contribution is -0.193.